The fraction of sp³-hybridized carbons (Fsp3) is 0.467. The molecule has 1 amide bonds. The van der Waals surface area contributed by atoms with Gasteiger partial charge in [-0.15, -0.1) is 0 Å². The van der Waals surface area contributed by atoms with Crippen molar-refractivity contribution in [1.82, 2.24) is 0 Å². The second-order valence-electron chi connectivity index (χ2n) is 5.35. The Kier molecular flexibility index (Phi) is 3.48. The molecule has 0 spiro atoms. The summed E-state index contributed by atoms with van der Waals surface area (Å²) in [6.07, 6.45) is 1.29. The number of nitrogens with zero attached hydrogens (tertiary/aromatic N) is 1. The summed E-state index contributed by atoms with van der Waals surface area (Å²) in [5.41, 5.74) is 0.818. The summed E-state index contributed by atoms with van der Waals surface area (Å²) < 4.78 is 5.17. The summed E-state index contributed by atoms with van der Waals surface area (Å²) in [4.78, 5) is 12.2. The van der Waals surface area contributed by atoms with E-state index in [9.17, 15) is 10.1 Å². The number of hydrogen-bond acceptors (Lipinski definition) is 3. The van der Waals surface area contributed by atoms with Crippen LogP contribution in [0.25, 0.3) is 0 Å². The molecule has 1 aromatic carbocycles. The number of anilines is 1. The zero-order chi connectivity index (χ0) is 14.0. The summed E-state index contributed by atoms with van der Waals surface area (Å²) in [6.45, 7) is 3.97. The van der Waals surface area contributed by atoms with Crippen LogP contribution in [0.3, 0.4) is 0 Å². The molecule has 0 radical (unpaired) electrons. The Bertz CT molecular complexity index is 540. The lowest BCUT2D eigenvalue weighted by molar-refractivity contribution is -0.128. The van der Waals surface area contributed by atoms with Gasteiger partial charge in [0.05, 0.1) is 13.2 Å². The van der Waals surface area contributed by atoms with Crippen molar-refractivity contribution < 1.29 is 9.53 Å². The van der Waals surface area contributed by atoms with Gasteiger partial charge in [0.25, 0.3) is 0 Å². The number of rotatable bonds is 3. The van der Waals surface area contributed by atoms with Crippen molar-refractivity contribution in [3.05, 3.63) is 23.8 Å². The van der Waals surface area contributed by atoms with Crippen LogP contribution in [0.4, 0.5) is 5.69 Å². The average molecular weight is 258 g/mol. The van der Waals surface area contributed by atoms with E-state index < -0.39 is 5.41 Å². The van der Waals surface area contributed by atoms with Crippen LogP contribution >= 0.6 is 0 Å². The number of methoxy groups -OCH3 is 1. The minimum atomic E-state index is -0.840. The SMILES string of the molecule is COc1ccc(NC(=O)C2(C#N)CC(C)C2)cc1C. The maximum Gasteiger partial charge on any atom is 0.244 e. The van der Waals surface area contributed by atoms with Crippen LogP contribution in [-0.4, -0.2) is 13.0 Å². The first-order valence-electron chi connectivity index (χ1n) is 6.38. The highest BCUT2D eigenvalue weighted by atomic mass is 16.5. The molecule has 0 saturated heterocycles. The summed E-state index contributed by atoms with van der Waals surface area (Å²) >= 11 is 0. The number of carbonyl (C=O) groups excluding carboxylic acids is 1. The number of amides is 1. The number of nitriles is 1. The fourth-order valence-electron chi connectivity index (χ4n) is 2.66. The highest BCUT2D eigenvalue weighted by Gasteiger charge is 2.48. The lowest BCUT2D eigenvalue weighted by Crippen LogP contribution is -2.45. The predicted molar refractivity (Wildman–Crippen MR) is 72.8 cm³/mol. The van der Waals surface area contributed by atoms with Crippen LogP contribution < -0.4 is 10.1 Å². The quantitative estimate of drug-likeness (QED) is 0.906. The van der Waals surface area contributed by atoms with Crippen LogP contribution in [0, 0.1) is 29.6 Å². The van der Waals surface area contributed by atoms with E-state index in [-0.39, 0.29) is 5.91 Å². The topological polar surface area (TPSA) is 62.1 Å². The molecule has 1 saturated carbocycles. The summed E-state index contributed by atoms with van der Waals surface area (Å²) in [5, 5.41) is 12.0. The van der Waals surface area contributed by atoms with E-state index in [0.717, 1.165) is 11.3 Å². The molecular formula is C15H18N2O2. The third-order valence-electron chi connectivity index (χ3n) is 3.70. The van der Waals surface area contributed by atoms with Gasteiger partial charge in [0.15, 0.2) is 0 Å². The molecule has 0 aliphatic heterocycles. The second kappa shape index (κ2) is 4.93. The van der Waals surface area contributed by atoms with E-state index in [1.54, 1.807) is 13.2 Å². The maximum atomic E-state index is 12.2. The summed E-state index contributed by atoms with van der Waals surface area (Å²) in [5.74, 6) is 1.03. The lowest BCUT2D eigenvalue weighted by atomic mass is 9.63. The average Bonchev–Trinajstić information content (AvgIpc) is 2.34. The standard InChI is InChI=1S/C15H18N2O2/c1-10-7-15(8-10,9-16)14(18)17-12-4-5-13(19-3)11(2)6-12/h4-6,10H,7-8H2,1-3H3,(H,17,18). The highest BCUT2D eigenvalue weighted by Crippen LogP contribution is 2.45. The molecule has 4 heteroatoms. The molecule has 100 valence electrons. The van der Waals surface area contributed by atoms with Gasteiger partial charge in [-0.3, -0.25) is 4.79 Å². The highest BCUT2D eigenvalue weighted by molar-refractivity contribution is 5.98. The van der Waals surface area contributed by atoms with Gasteiger partial charge in [0, 0.05) is 5.69 Å². The molecular weight excluding hydrogens is 240 g/mol. The monoisotopic (exact) mass is 258 g/mol. The van der Waals surface area contributed by atoms with Crippen LogP contribution in [0.1, 0.15) is 25.3 Å². The zero-order valence-electron chi connectivity index (χ0n) is 11.5. The number of benzene rings is 1. The predicted octanol–water partition coefficient (Wildman–Crippen LogP) is 2.88. The van der Waals surface area contributed by atoms with E-state index in [1.807, 2.05) is 19.1 Å². The largest absolute Gasteiger partial charge is 0.496 e. The van der Waals surface area contributed by atoms with E-state index in [2.05, 4.69) is 18.3 Å². The molecule has 1 aliphatic rings. The van der Waals surface area contributed by atoms with E-state index in [4.69, 9.17) is 4.74 Å². The van der Waals surface area contributed by atoms with Gasteiger partial charge < -0.3 is 10.1 Å². The third kappa shape index (κ3) is 2.41. The van der Waals surface area contributed by atoms with Gasteiger partial charge in [-0.25, -0.2) is 0 Å². The Labute approximate surface area is 113 Å². The number of nitrogens with one attached hydrogen (secondary N) is 1. The van der Waals surface area contributed by atoms with Crippen molar-refractivity contribution in [2.24, 2.45) is 11.3 Å². The Morgan fingerprint density at radius 1 is 1.53 bits per heavy atom. The van der Waals surface area contributed by atoms with Crippen molar-refractivity contribution >= 4 is 11.6 Å². The molecule has 1 aromatic rings. The molecule has 1 fully saturated rings. The number of hydrogen-bond donors (Lipinski definition) is 1. The van der Waals surface area contributed by atoms with Gasteiger partial charge in [-0.1, -0.05) is 6.92 Å². The van der Waals surface area contributed by atoms with E-state index >= 15 is 0 Å². The molecule has 2 rings (SSSR count). The lowest BCUT2D eigenvalue weighted by Gasteiger charge is -2.39. The van der Waals surface area contributed by atoms with Gasteiger partial charge in [0.2, 0.25) is 5.91 Å². The van der Waals surface area contributed by atoms with Crippen LogP contribution in [0.5, 0.6) is 5.75 Å². The van der Waals surface area contributed by atoms with Gasteiger partial charge in [-0.2, -0.15) is 5.26 Å². The zero-order valence-corrected chi connectivity index (χ0v) is 11.5. The Morgan fingerprint density at radius 2 is 2.21 bits per heavy atom. The maximum absolute atomic E-state index is 12.2. The first-order chi connectivity index (χ1) is 9.00. The van der Waals surface area contributed by atoms with Crippen molar-refractivity contribution in [2.45, 2.75) is 26.7 Å². The molecule has 0 heterocycles. The molecule has 0 aromatic heterocycles. The summed E-state index contributed by atoms with van der Waals surface area (Å²) in [6, 6.07) is 7.62. The molecule has 0 atom stereocenters. The van der Waals surface area contributed by atoms with Crippen molar-refractivity contribution in [2.75, 3.05) is 12.4 Å². The van der Waals surface area contributed by atoms with Gasteiger partial charge in [0.1, 0.15) is 11.2 Å². The minimum Gasteiger partial charge on any atom is -0.496 e. The van der Waals surface area contributed by atoms with Crippen LogP contribution in [0.15, 0.2) is 18.2 Å². The normalized spacial score (nSPS) is 25.1. The third-order valence-corrected chi connectivity index (χ3v) is 3.70. The van der Waals surface area contributed by atoms with Crippen LogP contribution in [-0.2, 0) is 4.79 Å². The smallest absolute Gasteiger partial charge is 0.244 e. The fourth-order valence-corrected chi connectivity index (χ4v) is 2.66. The molecule has 1 aliphatic carbocycles. The Balaban J connectivity index is 2.11. The molecule has 0 unspecified atom stereocenters. The second-order valence-corrected chi connectivity index (χ2v) is 5.35. The van der Waals surface area contributed by atoms with E-state index in [1.165, 1.54) is 0 Å². The van der Waals surface area contributed by atoms with Gasteiger partial charge >= 0.3 is 0 Å². The van der Waals surface area contributed by atoms with Crippen molar-refractivity contribution in [1.29, 1.82) is 5.26 Å². The first kappa shape index (κ1) is 13.4. The molecule has 1 N–H and O–H groups in total. The Morgan fingerprint density at radius 3 is 2.68 bits per heavy atom. The van der Waals surface area contributed by atoms with Crippen molar-refractivity contribution in [3.8, 4) is 11.8 Å². The molecule has 4 nitrogen and oxygen atoms in total. The summed E-state index contributed by atoms with van der Waals surface area (Å²) in [7, 11) is 1.61. The number of aryl methyl sites for hydroxylation is 1. The minimum absolute atomic E-state index is 0.197. The molecule has 0 bridgehead atoms. The Hall–Kier alpha value is -2.02. The number of ether oxygens (including phenoxy) is 1. The molecule has 19 heavy (non-hydrogen) atoms. The van der Waals surface area contributed by atoms with E-state index in [0.29, 0.717) is 24.4 Å². The van der Waals surface area contributed by atoms with Crippen LogP contribution in [0.2, 0.25) is 0 Å². The van der Waals surface area contributed by atoms with Gasteiger partial charge in [-0.05, 0) is 49.4 Å². The van der Waals surface area contributed by atoms with Crippen molar-refractivity contribution in [3.63, 3.8) is 0 Å². The first-order valence-corrected chi connectivity index (χ1v) is 6.38. The number of carbonyl (C=O) groups is 1.